The zero-order chi connectivity index (χ0) is 16.4. The van der Waals surface area contributed by atoms with Gasteiger partial charge in [0.25, 0.3) is 0 Å². The highest BCUT2D eigenvalue weighted by atomic mass is 16.4. The van der Waals surface area contributed by atoms with Gasteiger partial charge in [0.05, 0.1) is 5.52 Å². The maximum absolute atomic E-state index is 12.3. The van der Waals surface area contributed by atoms with E-state index in [0.29, 0.717) is 18.4 Å². The maximum Gasteiger partial charge on any atom is 0.419 e. The third kappa shape index (κ3) is 3.32. The lowest BCUT2D eigenvalue weighted by Gasteiger charge is -2.34. The summed E-state index contributed by atoms with van der Waals surface area (Å²) in [6, 6.07) is 5.66. The summed E-state index contributed by atoms with van der Waals surface area (Å²) < 4.78 is 6.61. The highest BCUT2D eigenvalue weighted by molar-refractivity contribution is 5.77. The van der Waals surface area contributed by atoms with Crippen molar-refractivity contribution in [3.63, 3.8) is 0 Å². The number of amides is 1. The quantitative estimate of drug-likeness (QED) is 0.851. The van der Waals surface area contributed by atoms with Crippen LogP contribution in [0.2, 0.25) is 0 Å². The lowest BCUT2D eigenvalue weighted by atomic mass is 10.1. The summed E-state index contributed by atoms with van der Waals surface area (Å²) in [5.74, 6) is -0.149. The molecule has 0 radical (unpaired) electrons. The molecular formula is C17H23N3O3. The van der Waals surface area contributed by atoms with Crippen LogP contribution in [-0.2, 0) is 18.3 Å². The van der Waals surface area contributed by atoms with E-state index in [1.165, 1.54) is 4.57 Å². The number of hydrogen-bond donors (Lipinski definition) is 0. The minimum absolute atomic E-state index is 0.210. The number of carbonyl (C=O) groups is 1. The van der Waals surface area contributed by atoms with E-state index >= 15 is 0 Å². The van der Waals surface area contributed by atoms with Gasteiger partial charge in [-0.05, 0) is 30.7 Å². The summed E-state index contributed by atoms with van der Waals surface area (Å²) in [5.41, 5.74) is 2.41. The average Bonchev–Trinajstić information content (AvgIpc) is 2.87. The Hall–Kier alpha value is -2.08. The van der Waals surface area contributed by atoms with Crippen molar-refractivity contribution in [2.45, 2.75) is 19.8 Å². The third-order valence-corrected chi connectivity index (χ3v) is 4.66. The molecule has 2 aromatic rings. The SMILES string of the molecule is CCN1CCN(C(=O)CCc2ccc3oc(=O)n(C)c3c2)CC1. The monoisotopic (exact) mass is 317 g/mol. The van der Waals surface area contributed by atoms with Crippen LogP contribution in [-0.4, -0.2) is 53.0 Å². The number of aromatic nitrogens is 1. The molecule has 1 fully saturated rings. The van der Waals surface area contributed by atoms with Crippen molar-refractivity contribution in [1.82, 2.24) is 14.4 Å². The second-order valence-corrected chi connectivity index (χ2v) is 6.04. The van der Waals surface area contributed by atoms with Crippen LogP contribution in [0, 0.1) is 0 Å². The molecular weight excluding hydrogens is 294 g/mol. The normalized spacial score (nSPS) is 16.2. The van der Waals surface area contributed by atoms with E-state index in [1.54, 1.807) is 13.1 Å². The number of rotatable bonds is 4. The van der Waals surface area contributed by atoms with Crippen molar-refractivity contribution in [1.29, 1.82) is 0 Å². The summed E-state index contributed by atoms with van der Waals surface area (Å²) >= 11 is 0. The number of aryl methyl sites for hydroxylation is 2. The van der Waals surface area contributed by atoms with Crippen LogP contribution in [0.25, 0.3) is 11.1 Å². The van der Waals surface area contributed by atoms with Gasteiger partial charge in [-0.3, -0.25) is 9.36 Å². The topological polar surface area (TPSA) is 58.7 Å². The van der Waals surface area contributed by atoms with Gasteiger partial charge in [-0.2, -0.15) is 0 Å². The standard InChI is InChI=1S/C17H23N3O3/c1-3-19-8-10-20(11-9-19)16(21)7-5-13-4-6-15-14(12-13)18(2)17(22)23-15/h4,6,12H,3,5,7-11H2,1-2H3. The first-order valence-corrected chi connectivity index (χ1v) is 8.17. The van der Waals surface area contributed by atoms with Gasteiger partial charge in [0.2, 0.25) is 5.91 Å². The van der Waals surface area contributed by atoms with Crippen LogP contribution in [0.3, 0.4) is 0 Å². The Balaban J connectivity index is 1.61. The van der Waals surface area contributed by atoms with Crippen molar-refractivity contribution in [2.75, 3.05) is 32.7 Å². The van der Waals surface area contributed by atoms with Gasteiger partial charge in [0.15, 0.2) is 5.58 Å². The maximum atomic E-state index is 12.3. The van der Waals surface area contributed by atoms with Gasteiger partial charge in [-0.1, -0.05) is 13.0 Å². The number of fused-ring (bicyclic) bond motifs is 1. The number of hydrogen-bond acceptors (Lipinski definition) is 4. The molecule has 2 heterocycles. The number of carbonyl (C=O) groups excluding carboxylic acids is 1. The van der Waals surface area contributed by atoms with E-state index in [0.717, 1.165) is 43.8 Å². The van der Waals surface area contributed by atoms with Gasteiger partial charge in [0, 0.05) is 39.6 Å². The fourth-order valence-electron chi connectivity index (χ4n) is 3.05. The molecule has 1 aliphatic heterocycles. The lowest BCUT2D eigenvalue weighted by Crippen LogP contribution is -2.48. The fraction of sp³-hybridized carbons (Fsp3) is 0.529. The first-order chi connectivity index (χ1) is 11.1. The Morgan fingerprint density at radius 2 is 1.96 bits per heavy atom. The van der Waals surface area contributed by atoms with E-state index in [-0.39, 0.29) is 11.7 Å². The smallest absolute Gasteiger partial charge is 0.408 e. The molecule has 0 bridgehead atoms. The summed E-state index contributed by atoms with van der Waals surface area (Å²) in [5, 5.41) is 0. The van der Waals surface area contributed by atoms with Crippen molar-refractivity contribution in [2.24, 2.45) is 7.05 Å². The highest BCUT2D eigenvalue weighted by Crippen LogP contribution is 2.16. The summed E-state index contributed by atoms with van der Waals surface area (Å²) in [7, 11) is 1.69. The van der Waals surface area contributed by atoms with Crippen LogP contribution in [0.1, 0.15) is 18.9 Å². The van der Waals surface area contributed by atoms with E-state index < -0.39 is 0 Å². The largest absolute Gasteiger partial charge is 0.419 e. The zero-order valence-electron chi connectivity index (χ0n) is 13.7. The molecule has 0 N–H and O–H groups in total. The van der Waals surface area contributed by atoms with Crippen molar-refractivity contribution in [3.05, 3.63) is 34.3 Å². The molecule has 6 nitrogen and oxygen atoms in total. The Labute approximate surface area is 135 Å². The van der Waals surface area contributed by atoms with Crippen LogP contribution in [0.4, 0.5) is 0 Å². The summed E-state index contributed by atoms with van der Waals surface area (Å²) in [6.45, 7) is 6.77. The predicted octanol–water partition coefficient (Wildman–Crippen LogP) is 1.23. The minimum atomic E-state index is -0.359. The molecule has 6 heteroatoms. The predicted molar refractivity (Wildman–Crippen MR) is 88.5 cm³/mol. The Morgan fingerprint density at radius 1 is 1.22 bits per heavy atom. The Morgan fingerprint density at radius 3 is 2.65 bits per heavy atom. The van der Waals surface area contributed by atoms with E-state index in [4.69, 9.17) is 4.42 Å². The van der Waals surface area contributed by atoms with Crippen LogP contribution >= 0.6 is 0 Å². The van der Waals surface area contributed by atoms with E-state index in [1.807, 2.05) is 17.0 Å². The first-order valence-electron chi connectivity index (χ1n) is 8.17. The van der Waals surface area contributed by atoms with Gasteiger partial charge in [0.1, 0.15) is 0 Å². The fourth-order valence-corrected chi connectivity index (χ4v) is 3.05. The molecule has 1 aromatic carbocycles. The Kier molecular flexibility index (Phi) is 4.52. The van der Waals surface area contributed by atoms with Gasteiger partial charge < -0.3 is 14.2 Å². The minimum Gasteiger partial charge on any atom is -0.408 e. The molecule has 1 saturated heterocycles. The third-order valence-electron chi connectivity index (χ3n) is 4.66. The number of likely N-dealkylation sites (N-methyl/N-ethyl adjacent to an activating group) is 1. The molecule has 1 aromatic heterocycles. The van der Waals surface area contributed by atoms with Gasteiger partial charge >= 0.3 is 5.76 Å². The number of oxazole rings is 1. The molecule has 23 heavy (non-hydrogen) atoms. The highest BCUT2D eigenvalue weighted by Gasteiger charge is 2.19. The van der Waals surface area contributed by atoms with Gasteiger partial charge in [-0.25, -0.2) is 4.79 Å². The molecule has 3 rings (SSSR count). The molecule has 1 aliphatic rings. The zero-order valence-corrected chi connectivity index (χ0v) is 13.7. The van der Waals surface area contributed by atoms with Crippen LogP contribution in [0.5, 0.6) is 0 Å². The summed E-state index contributed by atoms with van der Waals surface area (Å²) in [6.07, 6.45) is 1.19. The van der Waals surface area contributed by atoms with Gasteiger partial charge in [-0.15, -0.1) is 0 Å². The molecule has 0 aliphatic carbocycles. The van der Waals surface area contributed by atoms with Crippen molar-refractivity contribution in [3.8, 4) is 0 Å². The average molecular weight is 317 g/mol. The molecule has 0 saturated carbocycles. The summed E-state index contributed by atoms with van der Waals surface area (Å²) in [4.78, 5) is 28.2. The lowest BCUT2D eigenvalue weighted by molar-refractivity contribution is -0.132. The number of nitrogens with zero attached hydrogens (tertiary/aromatic N) is 3. The van der Waals surface area contributed by atoms with E-state index in [2.05, 4.69) is 11.8 Å². The first kappa shape index (κ1) is 15.8. The second kappa shape index (κ2) is 6.58. The van der Waals surface area contributed by atoms with E-state index in [9.17, 15) is 9.59 Å². The molecule has 0 spiro atoms. The number of benzene rings is 1. The second-order valence-electron chi connectivity index (χ2n) is 6.04. The number of piperazine rings is 1. The van der Waals surface area contributed by atoms with Crippen LogP contribution < -0.4 is 5.76 Å². The molecule has 0 unspecified atom stereocenters. The Bertz CT molecular complexity index is 754. The molecule has 124 valence electrons. The molecule has 0 atom stereocenters. The van der Waals surface area contributed by atoms with Crippen molar-refractivity contribution >= 4 is 17.0 Å². The van der Waals surface area contributed by atoms with Crippen LogP contribution in [0.15, 0.2) is 27.4 Å². The van der Waals surface area contributed by atoms with Crippen molar-refractivity contribution < 1.29 is 9.21 Å². The molecule has 1 amide bonds.